The van der Waals surface area contributed by atoms with Crippen molar-refractivity contribution in [2.45, 2.75) is 26.0 Å². The van der Waals surface area contributed by atoms with Gasteiger partial charge in [0.2, 0.25) is 0 Å². The highest BCUT2D eigenvalue weighted by atomic mass is 35.5. The number of imide groups is 1. The van der Waals surface area contributed by atoms with Gasteiger partial charge in [-0.3, -0.25) is 14.5 Å². The molecule has 2 amide bonds. The maximum Gasteiger partial charge on any atom is 0.271 e. The minimum absolute atomic E-state index is 0.0875. The summed E-state index contributed by atoms with van der Waals surface area (Å²) >= 11 is 5.89. The van der Waals surface area contributed by atoms with E-state index in [0.29, 0.717) is 22.9 Å². The fraction of sp³-hybridized carbons (Fsp3) is 0.240. The third-order valence-electron chi connectivity index (χ3n) is 5.86. The first-order chi connectivity index (χ1) is 16.2. The molecule has 9 heteroatoms. The zero-order valence-corrected chi connectivity index (χ0v) is 19.9. The lowest BCUT2D eigenvalue weighted by Gasteiger charge is -2.31. The van der Waals surface area contributed by atoms with Gasteiger partial charge in [0.1, 0.15) is 24.0 Å². The number of halogens is 1. The first-order valence-electron chi connectivity index (χ1n) is 10.6. The molecule has 1 atom stereocenters. The highest BCUT2D eigenvalue weighted by molar-refractivity contribution is 7.91. The van der Waals surface area contributed by atoms with Gasteiger partial charge in [-0.05, 0) is 60.4 Å². The molecule has 0 bridgehead atoms. The van der Waals surface area contributed by atoms with Gasteiger partial charge in [0.15, 0.2) is 9.84 Å². The smallest absolute Gasteiger partial charge is 0.271 e. The molecule has 34 heavy (non-hydrogen) atoms. The van der Waals surface area contributed by atoms with Gasteiger partial charge in [0, 0.05) is 10.6 Å². The Morgan fingerprint density at radius 2 is 1.79 bits per heavy atom. The van der Waals surface area contributed by atoms with Crippen molar-refractivity contribution in [1.29, 1.82) is 5.26 Å². The maximum atomic E-state index is 13.2. The second kappa shape index (κ2) is 9.45. The van der Waals surface area contributed by atoms with Crippen LogP contribution in [0.3, 0.4) is 0 Å². The van der Waals surface area contributed by atoms with E-state index in [0.717, 1.165) is 10.5 Å². The largest absolute Gasteiger partial charge is 0.489 e. The molecule has 2 aromatic carbocycles. The van der Waals surface area contributed by atoms with E-state index in [-0.39, 0.29) is 34.6 Å². The Hall–Kier alpha value is -3.41. The minimum Gasteiger partial charge on any atom is -0.489 e. The molecule has 7 nitrogen and oxygen atoms in total. The van der Waals surface area contributed by atoms with Gasteiger partial charge in [-0.15, -0.1) is 0 Å². The van der Waals surface area contributed by atoms with Crippen LogP contribution in [0.5, 0.6) is 5.75 Å². The Kier molecular flexibility index (Phi) is 6.60. The number of benzene rings is 2. The van der Waals surface area contributed by atoms with Crippen LogP contribution >= 0.6 is 11.6 Å². The Balaban J connectivity index is 1.57. The van der Waals surface area contributed by atoms with Crippen molar-refractivity contribution in [3.8, 4) is 11.8 Å². The normalized spacial score (nSPS) is 21.1. The van der Waals surface area contributed by atoms with Gasteiger partial charge < -0.3 is 4.74 Å². The van der Waals surface area contributed by atoms with E-state index in [1.54, 1.807) is 49.4 Å². The molecule has 0 radical (unpaired) electrons. The summed E-state index contributed by atoms with van der Waals surface area (Å²) in [6.07, 6.45) is 1.77. The Bertz CT molecular complexity index is 1350. The van der Waals surface area contributed by atoms with Crippen molar-refractivity contribution in [2.24, 2.45) is 0 Å². The van der Waals surface area contributed by atoms with Crippen molar-refractivity contribution in [3.63, 3.8) is 0 Å². The van der Waals surface area contributed by atoms with Crippen LogP contribution in [0.15, 0.2) is 65.3 Å². The molecule has 4 rings (SSSR count). The monoisotopic (exact) mass is 496 g/mol. The van der Waals surface area contributed by atoms with E-state index in [9.17, 15) is 23.3 Å². The van der Waals surface area contributed by atoms with Crippen LogP contribution in [0, 0.1) is 11.3 Å². The number of nitrogens with zero attached hydrogens (tertiary/aromatic N) is 2. The minimum atomic E-state index is -3.32. The molecular formula is C25H21ClN2O5S. The standard InChI is InChI=1S/C25H21ClN2O5S/c1-16-22(24(29)28(25(30)23(16)13-27)20-10-11-34(31,32)15-20)12-17-4-8-21(9-5-17)33-14-18-2-6-19(26)7-3-18/h2-9,12,20H,10-11,14-15H2,1H3/b22-12+/t20-/m1/s1. The first kappa shape index (κ1) is 23.7. The van der Waals surface area contributed by atoms with Crippen molar-refractivity contribution in [3.05, 3.63) is 81.4 Å². The summed E-state index contributed by atoms with van der Waals surface area (Å²) in [6, 6.07) is 15.5. The van der Waals surface area contributed by atoms with Gasteiger partial charge in [-0.25, -0.2) is 8.42 Å². The number of amides is 2. The second-order valence-corrected chi connectivity index (χ2v) is 10.9. The van der Waals surface area contributed by atoms with Gasteiger partial charge in [0.05, 0.1) is 17.5 Å². The summed E-state index contributed by atoms with van der Waals surface area (Å²) in [5.74, 6) is -1.07. The highest BCUT2D eigenvalue weighted by Gasteiger charge is 2.43. The van der Waals surface area contributed by atoms with E-state index in [4.69, 9.17) is 16.3 Å². The molecular weight excluding hydrogens is 476 g/mol. The van der Waals surface area contributed by atoms with Gasteiger partial charge in [-0.1, -0.05) is 35.9 Å². The summed E-state index contributed by atoms with van der Waals surface area (Å²) in [4.78, 5) is 27.0. The van der Waals surface area contributed by atoms with Crippen LogP contribution in [-0.2, 0) is 26.0 Å². The molecule has 0 aromatic heterocycles. The number of carbonyl (C=O) groups excluding carboxylic acids is 2. The van der Waals surface area contributed by atoms with E-state index < -0.39 is 27.7 Å². The molecule has 2 aromatic rings. The molecule has 2 heterocycles. The van der Waals surface area contributed by atoms with Gasteiger partial charge in [0.25, 0.3) is 11.8 Å². The average molecular weight is 497 g/mol. The first-order valence-corrected chi connectivity index (χ1v) is 12.8. The number of ether oxygens (including phenoxy) is 1. The second-order valence-electron chi connectivity index (χ2n) is 8.19. The topological polar surface area (TPSA) is 105 Å². The third-order valence-corrected chi connectivity index (χ3v) is 7.86. The Morgan fingerprint density at radius 3 is 2.38 bits per heavy atom. The predicted octanol–water partition coefficient (Wildman–Crippen LogP) is 3.70. The highest BCUT2D eigenvalue weighted by Crippen LogP contribution is 2.31. The van der Waals surface area contributed by atoms with Crippen LogP contribution in [0.1, 0.15) is 24.5 Å². The molecule has 174 valence electrons. The maximum absolute atomic E-state index is 13.2. The van der Waals surface area contributed by atoms with E-state index >= 15 is 0 Å². The van der Waals surface area contributed by atoms with Crippen LogP contribution < -0.4 is 4.74 Å². The number of sulfone groups is 1. The Morgan fingerprint density at radius 1 is 1.12 bits per heavy atom. The van der Waals surface area contributed by atoms with E-state index in [2.05, 4.69) is 0 Å². The quantitative estimate of drug-likeness (QED) is 0.461. The van der Waals surface area contributed by atoms with Crippen molar-refractivity contribution >= 4 is 39.3 Å². The van der Waals surface area contributed by atoms with Crippen molar-refractivity contribution in [1.82, 2.24) is 4.90 Å². The lowest BCUT2D eigenvalue weighted by Crippen LogP contribution is -2.49. The summed E-state index contributed by atoms with van der Waals surface area (Å²) in [5.41, 5.74) is 1.95. The SMILES string of the molecule is CC1=C(C#N)C(=O)N([C@@H]2CCS(=O)(=O)C2)C(=O)/C1=C/c1ccc(OCc2ccc(Cl)cc2)cc1. The Labute approximate surface area is 202 Å². The molecule has 0 spiro atoms. The lowest BCUT2D eigenvalue weighted by molar-refractivity contribution is -0.142. The molecule has 2 aliphatic rings. The lowest BCUT2D eigenvalue weighted by atomic mass is 9.92. The van der Waals surface area contributed by atoms with Gasteiger partial charge >= 0.3 is 0 Å². The number of carbonyl (C=O) groups is 2. The van der Waals surface area contributed by atoms with Crippen LogP contribution in [0.25, 0.3) is 6.08 Å². The summed E-state index contributed by atoms with van der Waals surface area (Å²) in [6.45, 7) is 1.91. The fourth-order valence-corrected chi connectivity index (χ4v) is 5.81. The molecule has 1 fully saturated rings. The summed E-state index contributed by atoms with van der Waals surface area (Å²) < 4.78 is 29.6. The van der Waals surface area contributed by atoms with Crippen molar-refractivity contribution < 1.29 is 22.7 Å². The van der Waals surface area contributed by atoms with E-state index in [1.165, 1.54) is 0 Å². The zero-order valence-electron chi connectivity index (χ0n) is 18.3. The summed E-state index contributed by atoms with van der Waals surface area (Å²) in [5, 5.41) is 10.2. The number of rotatable bonds is 5. The van der Waals surface area contributed by atoms with Crippen LogP contribution in [-0.4, -0.2) is 42.7 Å². The number of hydrogen-bond donors (Lipinski definition) is 0. The fourth-order valence-electron chi connectivity index (χ4n) is 3.98. The zero-order chi connectivity index (χ0) is 24.5. The molecule has 0 saturated carbocycles. The van der Waals surface area contributed by atoms with Crippen LogP contribution in [0.2, 0.25) is 5.02 Å². The molecule has 0 aliphatic carbocycles. The predicted molar refractivity (Wildman–Crippen MR) is 127 cm³/mol. The average Bonchev–Trinajstić information content (AvgIpc) is 3.16. The summed E-state index contributed by atoms with van der Waals surface area (Å²) in [7, 11) is -3.32. The molecule has 0 unspecified atom stereocenters. The number of nitriles is 1. The molecule has 0 N–H and O–H groups in total. The van der Waals surface area contributed by atoms with Crippen molar-refractivity contribution in [2.75, 3.05) is 11.5 Å². The van der Waals surface area contributed by atoms with E-state index in [1.807, 2.05) is 18.2 Å². The third kappa shape index (κ3) is 4.91. The van der Waals surface area contributed by atoms with Crippen LogP contribution in [0.4, 0.5) is 0 Å². The number of hydrogen-bond acceptors (Lipinski definition) is 6. The van der Waals surface area contributed by atoms with Gasteiger partial charge in [-0.2, -0.15) is 5.26 Å². The molecule has 1 saturated heterocycles. The molecule has 2 aliphatic heterocycles.